The van der Waals surface area contributed by atoms with Crippen LogP contribution in [0.5, 0.6) is 0 Å². The molecule has 120 valence electrons. The number of nitrogens with zero attached hydrogens (tertiary/aromatic N) is 2. The molecule has 0 spiro atoms. The lowest BCUT2D eigenvalue weighted by atomic mass is 9.63. The van der Waals surface area contributed by atoms with Crippen molar-refractivity contribution in [2.24, 2.45) is 14.1 Å². The maximum absolute atomic E-state index is 10.7. The highest BCUT2D eigenvalue weighted by Crippen LogP contribution is 2.50. The van der Waals surface area contributed by atoms with Gasteiger partial charge in [-0.15, -0.1) is 0 Å². The van der Waals surface area contributed by atoms with Gasteiger partial charge in [-0.3, -0.25) is 0 Å². The number of hydrogen-bond acceptors (Lipinski definition) is 2. The Bertz CT molecular complexity index is 656. The van der Waals surface area contributed by atoms with Crippen LogP contribution in [0.4, 0.5) is 0 Å². The summed E-state index contributed by atoms with van der Waals surface area (Å²) < 4.78 is 4.22. The fourth-order valence-electron chi connectivity index (χ4n) is 3.89. The van der Waals surface area contributed by atoms with Crippen LogP contribution in [0.1, 0.15) is 45.7 Å². The Morgan fingerprint density at radius 3 is 1.27 bits per heavy atom. The van der Waals surface area contributed by atoms with Gasteiger partial charge in [0.1, 0.15) is 0 Å². The topological polar surface area (TPSA) is 50.3 Å². The minimum Gasteiger partial charge on any atom is -0.392 e. The third-order valence-corrected chi connectivity index (χ3v) is 5.82. The first kappa shape index (κ1) is 15.4. The fraction of sp³-hybridized carbons (Fsp3) is 0.556. The summed E-state index contributed by atoms with van der Waals surface area (Å²) in [5.41, 5.74) is 6.70. The van der Waals surface area contributed by atoms with Crippen LogP contribution in [-0.2, 0) is 14.1 Å². The lowest BCUT2D eigenvalue weighted by molar-refractivity contribution is -0.0789. The predicted octanol–water partition coefficient (Wildman–Crippen LogP) is 2.20. The van der Waals surface area contributed by atoms with Gasteiger partial charge in [-0.1, -0.05) is 0 Å². The Balaban J connectivity index is 1.94. The fourth-order valence-corrected chi connectivity index (χ4v) is 3.89. The Morgan fingerprint density at radius 2 is 1.05 bits per heavy atom. The van der Waals surface area contributed by atoms with Gasteiger partial charge in [0.05, 0.1) is 12.2 Å². The van der Waals surface area contributed by atoms with Crippen molar-refractivity contribution in [1.82, 2.24) is 9.13 Å². The molecule has 0 atom stereocenters. The summed E-state index contributed by atoms with van der Waals surface area (Å²) in [6, 6.07) is 4.18. The van der Waals surface area contributed by atoms with Crippen LogP contribution >= 0.6 is 0 Å². The van der Waals surface area contributed by atoms with Gasteiger partial charge in [0.25, 0.3) is 0 Å². The maximum atomic E-state index is 10.7. The molecule has 2 heterocycles. The van der Waals surface area contributed by atoms with Crippen molar-refractivity contribution in [2.45, 2.75) is 51.7 Å². The van der Waals surface area contributed by atoms with Crippen molar-refractivity contribution in [3.63, 3.8) is 0 Å². The summed E-state index contributed by atoms with van der Waals surface area (Å²) in [5, 5.41) is 21.4. The molecule has 1 aliphatic rings. The van der Waals surface area contributed by atoms with Gasteiger partial charge in [0.2, 0.25) is 0 Å². The highest BCUT2D eigenvalue weighted by molar-refractivity contribution is 5.42. The average molecular weight is 302 g/mol. The van der Waals surface area contributed by atoms with E-state index >= 15 is 0 Å². The normalized spacial score (nSPS) is 28.0. The number of rotatable bonds is 2. The summed E-state index contributed by atoms with van der Waals surface area (Å²) >= 11 is 0. The molecule has 1 fully saturated rings. The summed E-state index contributed by atoms with van der Waals surface area (Å²) in [4.78, 5) is 0. The van der Waals surface area contributed by atoms with Crippen molar-refractivity contribution in [3.8, 4) is 0 Å². The first-order chi connectivity index (χ1) is 10.3. The Kier molecular flexibility index (Phi) is 3.49. The van der Waals surface area contributed by atoms with E-state index in [-0.39, 0.29) is 11.8 Å². The van der Waals surface area contributed by atoms with Gasteiger partial charge in [-0.05, 0) is 51.0 Å². The van der Waals surface area contributed by atoms with E-state index in [1.807, 2.05) is 27.9 Å². The molecule has 2 N–H and O–H groups in total. The molecule has 0 saturated heterocycles. The lowest BCUT2D eigenvalue weighted by Crippen LogP contribution is -2.52. The van der Waals surface area contributed by atoms with Gasteiger partial charge in [0.15, 0.2) is 0 Å². The molecular weight excluding hydrogens is 276 g/mol. The van der Waals surface area contributed by atoms with E-state index in [1.54, 1.807) is 0 Å². The van der Waals surface area contributed by atoms with Crippen LogP contribution in [0.25, 0.3) is 0 Å². The van der Waals surface area contributed by atoms with Crippen LogP contribution in [-0.4, -0.2) is 31.6 Å². The Labute approximate surface area is 132 Å². The minimum absolute atomic E-state index is 0.190. The van der Waals surface area contributed by atoms with E-state index in [9.17, 15) is 10.2 Å². The van der Waals surface area contributed by atoms with Crippen molar-refractivity contribution in [1.29, 1.82) is 0 Å². The molecule has 0 radical (unpaired) electrons. The number of aliphatic hydroxyl groups excluding tert-OH is 2. The van der Waals surface area contributed by atoms with Crippen molar-refractivity contribution >= 4 is 0 Å². The van der Waals surface area contributed by atoms with Crippen LogP contribution in [0.2, 0.25) is 0 Å². The van der Waals surface area contributed by atoms with E-state index < -0.39 is 12.2 Å². The minimum atomic E-state index is -0.531. The number of aliphatic hydroxyl groups is 2. The third kappa shape index (κ3) is 1.90. The molecule has 2 aromatic heterocycles. The van der Waals surface area contributed by atoms with Gasteiger partial charge < -0.3 is 19.3 Å². The van der Waals surface area contributed by atoms with Gasteiger partial charge >= 0.3 is 0 Å². The number of aryl methyl sites for hydroxylation is 2. The molecule has 4 nitrogen and oxygen atoms in total. The average Bonchev–Trinajstić information content (AvgIpc) is 2.85. The zero-order valence-electron chi connectivity index (χ0n) is 14.3. The first-order valence-electron chi connectivity index (χ1n) is 7.87. The second-order valence-electron chi connectivity index (χ2n) is 6.80. The Morgan fingerprint density at radius 1 is 0.727 bits per heavy atom. The lowest BCUT2D eigenvalue weighted by Gasteiger charge is -2.47. The monoisotopic (exact) mass is 302 g/mol. The van der Waals surface area contributed by atoms with Gasteiger partial charge in [0, 0.05) is 48.7 Å². The van der Waals surface area contributed by atoms with Crippen LogP contribution in [0, 0.1) is 27.7 Å². The van der Waals surface area contributed by atoms with Crippen molar-refractivity contribution in [2.75, 3.05) is 0 Å². The summed E-state index contributed by atoms with van der Waals surface area (Å²) in [6.07, 6.45) is -1.06. The summed E-state index contributed by atoms with van der Waals surface area (Å²) in [5.74, 6) is -0.380. The summed E-state index contributed by atoms with van der Waals surface area (Å²) in [6.45, 7) is 8.20. The molecular formula is C18H26N2O2. The SMILES string of the molecule is Cc1cc(C2C(O)C(c3cc(C)n(C)c3C)C2O)c(C)n1C. The standard InChI is InChI=1S/C18H26N2O2/c1-9-7-13(11(3)19(9)5)15-17(21)16(18(15)22)14-8-10(2)20(6)12(14)4/h7-8,15-18,21-22H,1-6H3. The zero-order chi connectivity index (χ0) is 16.3. The molecule has 1 aliphatic carbocycles. The zero-order valence-corrected chi connectivity index (χ0v) is 14.3. The molecule has 3 rings (SSSR count). The molecule has 0 bridgehead atoms. The molecule has 2 aromatic rings. The van der Waals surface area contributed by atoms with E-state index in [0.29, 0.717) is 0 Å². The second kappa shape index (κ2) is 5.00. The quantitative estimate of drug-likeness (QED) is 0.893. The molecule has 0 aliphatic heterocycles. The maximum Gasteiger partial charge on any atom is 0.0728 e. The molecule has 22 heavy (non-hydrogen) atoms. The van der Waals surface area contributed by atoms with E-state index in [4.69, 9.17) is 0 Å². The molecule has 0 aromatic carbocycles. The highest BCUT2D eigenvalue weighted by Gasteiger charge is 2.52. The third-order valence-electron chi connectivity index (χ3n) is 5.82. The van der Waals surface area contributed by atoms with E-state index in [1.165, 1.54) is 0 Å². The van der Waals surface area contributed by atoms with E-state index in [0.717, 1.165) is 33.9 Å². The van der Waals surface area contributed by atoms with Crippen LogP contribution in [0.3, 0.4) is 0 Å². The number of aromatic nitrogens is 2. The number of hydrogen-bond donors (Lipinski definition) is 2. The van der Waals surface area contributed by atoms with Crippen molar-refractivity contribution in [3.05, 3.63) is 46.0 Å². The molecule has 0 amide bonds. The predicted molar refractivity (Wildman–Crippen MR) is 87.3 cm³/mol. The van der Waals surface area contributed by atoms with Gasteiger partial charge in [-0.25, -0.2) is 0 Å². The molecule has 4 heteroatoms. The largest absolute Gasteiger partial charge is 0.392 e. The molecule has 1 saturated carbocycles. The first-order valence-corrected chi connectivity index (χ1v) is 7.87. The highest BCUT2D eigenvalue weighted by atomic mass is 16.3. The van der Waals surface area contributed by atoms with Crippen LogP contribution in [0.15, 0.2) is 12.1 Å². The second-order valence-corrected chi connectivity index (χ2v) is 6.80. The summed E-state index contributed by atoms with van der Waals surface area (Å²) in [7, 11) is 4.04. The smallest absolute Gasteiger partial charge is 0.0728 e. The van der Waals surface area contributed by atoms with Crippen LogP contribution < -0.4 is 0 Å². The van der Waals surface area contributed by atoms with Gasteiger partial charge in [-0.2, -0.15) is 0 Å². The van der Waals surface area contributed by atoms with Crippen molar-refractivity contribution < 1.29 is 10.2 Å². The van der Waals surface area contributed by atoms with E-state index in [2.05, 4.69) is 35.1 Å². The molecule has 0 unspecified atom stereocenters. The Hall–Kier alpha value is -1.52.